The molecule has 13 aromatic rings. The van der Waals surface area contributed by atoms with Crippen LogP contribution in [0.3, 0.4) is 0 Å². The number of hydrogen-bond acceptors (Lipinski definition) is 2. The van der Waals surface area contributed by atoms with Gasteiger partial charge in [0.1, 0.15) is 0 Å². The molecule has 13 rings (SSSR count). The molecule has 1 heterocycles. The second-order valence-corrected chi connectivity index (χ2v) is 17.7. The molecule has 2 nitrogen and oxygen atoms in total. The molecule has 2 heteroatoms. The summed E-state index contributed by atoms with van der Waals surface area (Å²) in [5.74, 6) is 0.699. The molecule has 0 fully saturated rings. The SMILES string of the molecule is c1ccc(-c2nc(-c3cccc(-c4ccc5ccccc5c4)c3)cc(-c3ccc(-c4ccc(-c5ccc(-c6c7ccccc7cc7c6ccc6ccccc67)cc5)cc4)c4ccccc34)n2)cc1. The number of rotatable bonds is 7. The second-order valence-electron chi connectivity index (χ2n) is 17.7. The predicted molar refractivity (Wildman–Crippen MR) is 288 cm³/mol. The standard InChI is InChI=1S/C66H42N2/c1-2-15-49(16-3-1)66-67-63(54-20-12-19-51(40-54)52-34-29-43-13-4-5-17-50(43)39-52)42-64(68-66)60-38-37-56(58-23-10-11-24-59(58)60)47-30-25-44(26-31-47)45-27-32-48(33-28-45)65-57-22-9-7-18-53(57)41-62-55-21-8-6-14-46(55)35-36-61(62)65/h1-42H. The van der Waals surface area contributed by atoms with Gasteiger partial charge in [0.2, 0.25) is 0 Å². The molecular formula is C66H42N2. The zero-order valence-corrected chi connectivity index (χ0v) is 37.1. The first-order valence-corrected chi connectivity index (χ1v) is 23.3. The third-order valence-electron chi connectivity index (χ3n) is 13.7. The maximum Gasteiger partial charge on any atom is 0.160 e. The quantitative estimate of drug-likeness (QED) is 0.118. The third kappa shape index (κ3) is 6.99. The van der Waals surface area contributed by atoms with E-state index >= 15 is 0 Å². The highest BCUT2D eigenvalue weighted by Gasteiger charge is 2.17. The van der Waals surface area contributed by atoms with Crippen molar-refractivity contribution in [2.24, 2.45) is 0 Å². The molecule has 0 N–H and O–H groups in total. The van der Waals surface area contributed by atoms with Gasteiger partial charge >= 0.3 is 0 Å². The molecular weight excluding hydrogens is 821 g/mol. The molecule has 0 radical (unpaired) electrons. The van der Waals surface area contributed by atoms with Crippen LogP contribution in [0.2, 0.25) is 0 Å². The summed E-state index contributed by atoms with van der Waals surface area (Å²) in [7, 11) is 0. The zero-order valence-electron chi connectivity index (χ0n) is 37.1. The van der Waals surface area contributed by atoms with E-state index in [4.69, 9.17) is 9.97 Å². The van der Waals surface area contributed by atoms with Crippen LogP contribution in [-0.4, -0.2) is 9.97 Å². The topological polar surface area (TPSA) is 25.8 Å². The zero-order chi connectivity index (χ0) is 45.0. The number of aromatic nitrogens is 2. The van der Waals surface area contributed by atoms with Crippen molar-refractivity contribution in [1.29, 1.82) is 0 Å². The Balaban J connectivity index is 0.852. The Morgan fingerprint density at radius 3 is 1.51 bits per heavy atom. The molecule has 0 saturated heterocycles. The summed E-state index contributed by atoms with van der Waals surface area (Å²) < 4.78 is 0. The first-order chi connectivity index (χ1) is 33.7. The molecule has 12 aromatic carbocycles. The van der Waals surface area contributed by atoms with Crippen LogP contribution >= 0.6 is 0 Å². The summed E-state index contributed by atoms with van der Waals surface area (Å²) in [6, 6.07) is 92.0. The lowest BCUT2D eigenvalue weighted by Gasteiger charge is -2.15. The van der Waals surface area contributed by atoms with Gasteiger partial charge in [-0.2, -0.15) is 0 Å². The average Bonchev–Trinajstić information content (AvgIpc) is 3.42. The van der Waals surface area contributed by atoms with E-state index in [9.17, 15) is 0 Å². The minimum absolute atomic E-state index is 0.699. The van der Waals surface area contributed by atoms with Crippen molar-refractivity contribution in [3.8, 4) is 78.4 Å². The van der Waals surface area contributed by atoms with Crippen molar-refractivity contribution in [2.75, 3.05) is 0 Å². The predicted octanol–water partition coefficient (Wildman–Crippen LogP) is 17.9. The van der Waals surface area contributed by atoms with Gasteiger partial charge in [-0.1, -0.05) is 231 Å². The van der Waals surface area contributed by atoms with Crippen LogP contribution in [0.1, 0.15) is 0 Å². The lowest BCUT2D eigenvalue weighted by molar-refractivity contribution is 1.18. The third-order valence-corrected chi connectivity index (χ3v) is 13.7. The highest BCUT2D eigenvalue weighted by molar-refractivity contribution is 6.20. The van der Waals surface area contributed by atoms with Crippen LogP contribution < -0.4 is 0 Å². The molecule has 1 aromatic heterocycles. The molecule has 316 valence electrons. The van der Waals surface area contributed by atoms with E-state index in [2.05, 4.69) is 237 Å². The Labute approximate surface area is 395 Å². The van der Waals surface area contributed by atoms with Crippen molar-refractivity contribution in [3.05, 3.63) is 255 Å². The molecule has 0 saturated carbocycles. The number of fused-ring (bicyclic) bond motifs is 6. The number of nitrogens with zero attached hydrogens (tertiary/aromatic N) is 2. The van der Waals surface area contributed by atoms with E-state index in [0.29, 0.717) is 5.82 Å². The molecule has 0 aliphatic rings. The van der Waals surface area contributed by atoms with Crippen molar-refractivity contribution in [3.63, 3.8) is 0 Å². The maximum atomic E-state index is 5.27. The summed E-state index contributed by atoms with van der Waals surface area (Å²) >= 11 is 0. The van der Waals surface area contributed by atoms with Crippen molar-refractivity contribution >= 4 is 53.9 Å². The Bertz CT molecular complexity index is 4060. The van der Waals surface area contributed by atoms with Crippen LogP contribution in [0, 0.1) is 0 Å². The van der Waals surface area contributed by atoms with Gasteiger partial charge in [0.05, 0.1) is 11.4 Å². The fourth-order valence-corrected chi connectivity index (χ4v) is 10.3. The van der Waals surface area contributed by atoms with Crippen molar-refractivity contribution in [1.82, 2.24) is 9.97 Å². The molecule has 0 aliphatic carbocycles. The van der Waals surface area contributed by atoms with E-state index in [1.54, 1.807) is 0 Å². The van der Waals surface area contributed by atoms with Gasteiger partial charge in [-0.3, -0.25) is 0 Å². The monoisotopic (exact) mass is 862 g/mol. The average molecular weight is 863 g/mol. The van der Waals surface area contributed by atoms with Crippen LogP contribution in [-0.2, 0) is 0 Å². The molecule has 0 bridgehead atoms. The maximum absolute atomic E-state index is 5.27. The Hall–Kier alpha value is -8.98. The van der Waals surface area contributed by atoms with Gasteiger partial charge in [0.25, 0.3) is 0 Å². The van der Waals surface area contributed by atoms with Gasteiger partial charge in [-0.05, 0) is 123 Å². The van der Waals surface area contributed by atoms with Crippen molar-refractivity contribution < 1.29 is 0 Å². The first-order valence-electron chi connectivity index (χ1n) is 23.3. The minimum atomic E-state index is 0.699. The second kappa shape index (κ2) is 16.5. The number of hydrogen-bond donors (Lipinski definition) is 0. The van der Waals surface area contributed by atoms with Gasteiger partial charge in [-0.25, -0.2) is 9.97 Å². The van der Waals surface area contributed by atoms with Crippen molar-refractivity contribution in [2.45, 2.75) is 0 Å². The molecule has 0 atom stereocenters. The Kier molecular flexibility index (Phi) is 9.54. The normalized spacial score (nSPS) is 11.5. The van der Waals surface area contributed by atoms with Crippen LogP contribution in [0.4, 0.5) is 0 Å². The smallest absolute Gasteiger partial charge is 0.160 e. The van der Waals surface area contributed by atoms with E-state index in [1.165, 1.54) is 87.4 Å². The highest BCUT2D eigenvalue weighted by Crippen LogP contribution is 2.41. The highest BCUT2D eigenvalue weighted by atomic mass is 14.9. The van der Waals surface area contributed by atoms with Gasteiger partial charge in [0, 0.05) is 16.7 Å². The fourth-order valence-electron chi connectivity index (χ4n) is 10.3. The Morgan fingerprint density at radius 2 is 0.735 bits per heavy atom. The van der Waals surface area contributed by atoms with E-state index in [1.807, 2.05) is 18.2 Å². The summed E-state index contributed by atoms with van der Waals surface area (Å²) in [5.41, 5.74) is 14.4. The summed E-state index contributed by atoms with van der Waals surface area (Å²) in [6.07, 6.45) is 0. The minimum Gasteiger partial charge on any atom is -0.228 e. The van der Waals surface area contributed by atoms with Crippen LogP contribution in [0.5, 0.6) is 0 Å². The summed E-state index contributed by atoms with van der Waals surface area (Å²) in [4.78, 5) is 10.5. The molecule has 0 aliphatic heterocycles. The molecule has 68 heavy (non-hydrogen) atoms. The largest absolute Gasteiger partial charge is 0.228 e. The van der Waals surface area contributed by atoms with Gasteiger partial charge in [0.15, 0.2) is 5.82 Å². The first kappa shape index (κ1) is 39.4. The lowest BCUT2D eigenvalue weighted by Crippen LogP contribution is -1.97. The summed E-state index contributed by atoms with van der Waals surface area (Å²) in [5, 5.41) is 12.4. The van der Waals surface area contributed by atoms with Gasteiger partial charge < -0.3 is 0 Å². The fraction of sp³-hybridized carbons (Fsp3) is 0. The summed E-state index contributed by atoms with van der Waals surface area (Å²) in [6.45, 7) is 0. The van der Waals surface area contributed by atoms with E-state index in [0.717, 1.165) is 39.0 Å². The number of benzene rings is 12. The van der Waals surface area contributed by atoms with E-state index < -0.39 is 0 Å². The van der Waals surface area contributed by atoms with Crippen LogP contribution in [0.25, 0.3) is 132 Å². The Morgan fingerprint density at radius 1 is 0.206 bits per heavy atom. The van der Waals surface area contributed by atoms with E-state index in [-0.39, 0.29) is 0 Å². The molecule has 0 amide bonds. The molecule has 0 spiro atoms. The lowest BCUT2D eigenvalue weighted by atomic mass is 9.89. The van der Waals surface area contributed by atoms with Gasteiger partial charge in [-0.15, -0.1) is 0 Å². The van der Waals surface area contributed by atoms with Crippen LogP contribution in [0.15, 0.2) is 255 Å². The molecule has 0 unspecified atom stereocenters.